The van der Waals surface area contributed by atoms with Crippen molar-refractivity contribution >= 4 is 11.8 Å². The summed E-state index contributed by atoms with van der Waals surface area (Å²) in [5.74, 6) is 1.98. The van der Waals surface area contributed by atoms with Crippen LogP contribution in [-0.4, -0.2) is 52.6 Å². The number of hydrogen-bond donors (Lipinski definition) is 3. The Kier molecular flexibility index (Phi) is 6.79. The zero-order valence-electron chi connectivity index (χ0n) is 15.2. The summed E-state index contributed by atoms with van der Waals surface area (Å²) in [7, 11) is 0. The lowest BCUT2D eigenvalue weighted by Crippen LogP contribution is -2.23. The number of aromatic nitrogens is 3. The lowest BCUT2D eigenvalue weighted by molar-refractivity contribution is 0.0991. The van der Waals surface area contributed by atoms with Gasteiger partial charge in [0.25, 0.3) is 0 Å². The molecule has 8 heteroatoms. The molecule has 0 bridgehead atoms. The zero-order valence-corrected chi connectivity index (χ0v) is 15.2. The molecule has 1 fully saturated rings. The molecule has 2 aromatic rings. The highest BCUT2D eigenvalue weighted by atomic mass is 16.5. The first-order valence-electron chi connectivity index (χ1n) is 9.26. The van der Waals surface area contributed by atoms with Crippen LogP contribution < -0.4 is 10.6 Å². The maximum Gasteiger partial charge on any atom is 0.223 e. The molecule has 2 aromatic heterocycles. The van der Waals surface area contributed by atoms with E-state index in [4.69, 9.17) is 14.4 Å². The van der Waals surface area contributed by atoms with Crippen molar-refractivity contribution in [3.05, 3.63) is 18.0 Å². The molecule has 3 N–H and O–H groups in total. The topological polar surface area (TPSA) is 105 Å². The molecule has 0 saturated heterocycles. The van der Waals surface area contributed by atoms with E-state index in [1.54, 1.807) is 6.20 Å². The summed E-state index contributed by atoms with van der Waals surface area (Å²) in [4.78, 5) is 9.02. The normalized spacial score (nSPS) is 15.2. The fourth-order valence-corrected chi connectivity index (χ4v) is 3.20. The first-order chi connectivity index (χ1) is 12.8. The molecule has 8 nitrogen and oxygen atoms in total. The Balaban J connectivity index is 1.68. The monoisotopic (exact) mass is 361 g/mol. The van der Waals surface area contributed by atoms with Gasteiger partial charge >= 0.3 is 0 Å². The van der Waals surface area contributed by atoms with Crippen LogP contribution in [-0.2, 0) is 4.74 Å². The van der Waals surface area contributed by atoms with Gasteiger partial charge in [0, 0.05) is 18.8 Å². The Hall–Kier alpha value is -2.19. The summed E-state index contributed by atoms with van der Waals surface area (Å²) < 4.78 is 10.6. The lowest BCUT2D eigenvalue weighted by Gasteiger charge is -2.22. The van der Waals surface area contributed by atoms with Crippen molar-refractivity contribution in [1.29, 1.82) is 0 Å². The molecule has 2 heterocycles. The number of ether oxygens (including phenoxy) is 1. The minimum atomic E-state index is 0.0199. The molecule has 0 atom stereocenters. The summed E-state index contributed by atoms with van der Waals surface area (Å²) in [6.07, 6.45) is 7.92. The zero-order chi connectivity index (χ0) is 18.2. The van der Waals surface area contributed by atoms with Gasteiger partial charge in [-0.2, -0.15) is 0 Å². The van der Waals surface area contributed by atoms with Gasteiger partial charge in [-0.3, -0.25) is 0 Å². The van der Waals surface area contributed by atoms with Gasteiger partial charge in [-0.05, 0) is 25.8 Å². The highest BCUT2D eigenvalue weighted by Crippen LogP contribution is 2.30. The molecule has 0 radical (unpaired) electrons. The first-order valence-corrected chi connectivity index (χ1v) is 9.26. The van der Waals surface area contributed by atoms with Crippen molar-refractivity contribution in [2.45, 2.75) is 45.1 Å². The smallest absolute Gasteiger partial charge is 0.223 e. The van der Waals surface area contributed by atoms with E-state index in [-0.39, 0.29) is 6.61 Å². The number of hydrogen-bond acceptors (Lipinski definition) is 8. The van der Waals surface area contributed by atoms with Crippen LogP contribution in [0.5, 0.6) is 0 Å². The second-order valence-corrected chi connectivity index (χ2v) is 6.47. The quantitative estimate of drug-likeness (QED) is 0.585. The maximum absolute atomic E-state index is 8.73. The number of aryl methyl sites for hydroxylation is 1. The standard InChI is InChI=1S/C18H27N5O3/c1-13-16(17(23-26-13)19-9-11-25-12-10-24)15-7-8-20-18(22-15)21-14-5-3-2-4-6-14/h7-8,14,24H,2-6,9-12H2,1H3,(H,19,23)(H,20,21,22). The predicted molar refractivity (Wildman–Crippen MR) is 99.2 cm³/mol. The number of aliphatic hydroxyl groups is 1. The number of rotatable bonds is 9. The first kappa shape index (κ1) is 18.6. The van der Waals surface area contributed by atoms with Gasteiger partial charge in [-0.15, -0.1) is 0 Å². The van der Waals surface area contributed by atoms with Gasteiger partial charge in [-0.1, -0.05) is 24.4 Å². The fourth-order valence-electron chi connectivity index (χ4n) is 3.20. The Bertz CT molecular complexity index is 685. The van der Waals surface area contributed by atoms with Crippen molar-refractivity contribution in [3.8, 4) is 11.3 Å². The largest absolute Gasteiger partial charge is 0.394 e. The molecular formula is C18H27N5O3. The third kappa shape index (κ3) is 4.92. The van der Waals surface area contributed by atoms with Crippen molar-refractivity contribution in [2.75, 3.05) is 37.0 Å². The average molecular weight is 361 g/mol. The summed E-state index contributed by atoms with van der Waals surface area (Å²) in [5, 5.41) is 19.5. The third-order valence-electron chi connectivity index (χ3n) is 4.49. The number of aliphatic hydroxyl groups excluding tert-OH is 1. The van der Waals surface area contributed by atoms with E-state index < -0.39 is 0 Å². The molecule has 1 aliphatic carbocycles. The molecule has 1 aliphatic rings. The van der Waals surface area contributed by atoms with E-state index in [0.717, 1.165) is 11.3 Å². The van der Waals surface area contributed by atoms with E-state index in [9.17, 15) is 0 Å². The van der Waals surface area contributed by atoms with Crippen molar-refractivity contribution in [2.24, 2.45) is 0 Å². The van der Waals surface area contributed by atoms with Gasteiger partial charge in [0.15, 0.2) is 5.82 Å². The van der Waals surface area contributed by atoms with Crippen LogP contribution in [0, 0.1) is 6.92 Å². The van der Waals surface area contributed by atoms with Crippen LogP contribution in [0.1, 0.15) is 37.9 Å². The van der Waals surface area contributed by atoms with Crippen LogP contribution in [0.2, 0.25) is 0 Å². The van der Waals surface area contributed by atoms with Crippen LogP contribution in [0.4, 0.5) is 11.8 Å². The van der Waals surface area contributed by atoms with E-state index in [1.165, 1.54) is 32.1 Å². The Labute approximate surface area is 153 Å². The van der Waals surface area contributed by atoms with Gasteiger partial charge in [-0.25, -0.2) is 9.97 Å². The average Bonchev–Trinajstić information content (AvgIpc) is 3.03. The van der Waals surface area contributed by atoms with Gasteiger partial charge in [0.2, 0.25) is 5.95 Å². The number of nitrogens with one attached hydrogen (secondary N) is 2. The molecule has 1 saturated carbocycles. The second kappa shape index (κ2) is 9.49. The highest BCUT2D eigenvalue weighted by molar-refractivity contribution is 5.74. The SMILES string of the molecule is Cc1onc(NCCOCCO)c1-c1ccnc(NC2CCCCC2)n1. The molecule has 0 spiro atoms. The molecule has 142 valence electrons. The van der Waals surface area contributed by atoms with E-state index in [1.807, 2.05) is 13.0 Å². The summed E-state index contributed by atoms with van der Waals surface area (Å²) in [6.45, 7) is 3.26. The van der Waals surface area contributed by atoms with Crippen molar-refractivity contribution in [3.63, 3.8) is 0 Å². The highest BCUT2D eigenvalue weighted by Gasteiger charge is 2.18. The maximum atomic E-state index is 8.73. The van der Waals surface area contributed by atoms with Gasteiger partial charge in [0.1, 0.15) is 5.76 Å². The summed E-state index contributed by atoms with van der Waals surface area (Å²) in [5.41, 5.74) is 1.61. The summed E-state index contributed by atoms with van der Waals surface area (Å²) >= 11 is 0. The molecule has 26 heavy (non-hydrogen) atoms. The third-order valence-corrected chi connectivity index (χ3v) is 4.49. The van der Waals surface area contributed by atoms with Crippen LogP contribution in [0.25, 0.3) is 11.3 Å². The van der Waals surface area contributed by atoms with Crippen LogP contribution in [0.3, 0.4) is 0 Å². The molecule has 0 unspecified atom stereocenters. The van der Waals surface area contributed by atoms with Crippen LogP contribution >= 0.6 is 0 Å². The van der Waals surface area contributed by atoms with E-state index in [0.29, 0.717) is 43.3 Å². The molecular weight excluding hydrogens is 334 g/mol. The number of anilines is 2. The van der Waals surface area contributed by atoms with Crippen molar-refractivity contribution < 1.29 is 14.4 Å². The fraction of sp³-hybridized carbons (Fsp3) is 0.611. The Morgan fingerprint density at radius 1 is 1.27 bits per heavy atom. The molecule has 3 rings (SSSR count). The Morgan fingerprint density at radius 3 is 2.92 bits per heavy atom. The summed E-state index contributed by atoms with van der Waals surface area (Å²) in [6, 6.07) is 2.31. The minimum Gasteiger partial charge on any atom is -0.394 e. The minimum absolute atomic E-state index is 0.0199. The van der Waals surface area contributed by atoms with Crippen molar-refractivity contribution in [1.82, 2.24) is 15.1 Å². The second-order valence-electron chi connectivity index (χ2n) is 6.47. The number of nitrogens with zero attached hydrogens (tertiary/aromatic N) is 3. The molecule has 0 amide bonds. The predicted octanol–water partition coefficient (Wildman–Crippen LogP) is 2.61. The van der Waals surface area contributed by atoms with E-state index in [2.05, 4.69) is 25.8 Å². The Morgan fingerprint density at radius 2 is 2.12 bits per heavy atom. The van der Waals surface area contributed by atoms with E-state index >= 15 is 0 Å². The van der Waals surface area contributed by atoms with Crippen LogP contribution in [0.15, 0.2) is 16.8 Å². The lowest BCUT2D eigenvalue weighted by atomic mass is 9.96. The van der Waals surface area contributed by atoms with Gasteiger partial charge in [0.05, 0.1) is 31.1 Å². The molecule has 0 aromatic carbocycles. The van der Waals surface area contributed by atoms with Gasteiger partial charge < -0.3 is 25.0 Å². The molecule has 0 aliphatic heterocycles.